The Morgan fingerprint density at radius 2 is 1.89 bits per heavy atom. The van der Waals surface area contributed by atoms with Crippen LogP contribution < -0.4 is 15.5 Å². The highest BCUT2D eigenvalue weighted by molar-refractivity contribution is 6.15. The summed E-state index contributed by atoms with van der Waals surface area (Å²) in [7, 11) is 1.53. The molecule has 2 amide bonds. The molecule has 7 rings (SSSR count). The summed E-state index contributed by atoms with van der Waals surface area (Å²) < 4.78 is 18.9. The average molecular weight is 635 g/mol. The second-order valence-corrected chi connectivity index (χ2v) is 12.8. The molecule has 1 saturated heterocycles. The maximum Gasteiger partial charge on any atom is 0.354 e. The zero-order valence-corrected chi connectivity index (χ0v) is 27.1. The molecular weight excluding hydrogens is 599 g/mol. The number of anilines is 2. The molecule has 5 aromatic rings. The molecule has 1 N–H and O–H groups in total. The van der Waals surface area contributed by atoms with Gasteiger partial charge in [-0.1, -0.05) is 26.5 Å². The highest BCUT2D eigenvalue weighted by Crippen LogP contribution is 2.46. The number of aromatic nitrogens is 5. The standard InChI is InChI=1S/C35H35FN8O3/c1-8-26(45)42-15-20(6)43-25(16-42)34(46)41(7)32-28-24(13-21(29(32)36)27-18(4)9-10-23-22(27)14-38-40-23)44(35(47)39-33(28)43)31-19(5)11-12-37-30(31)17(2)3/h8-14,17,20,25H,1,15-16H2,2-7H3,(H,38,40). The van der Waals surface area contributed by atoms with Crippen molar-refractivity contribution in [3.63, 3.8) is 0 Å². The number of pyridine rings is 1. The number of H-pyrrole nitrogens is 1. The van der Waals surface area contributed by atoms with Gasteiger partial charge < -0.3 is 14.7 Å². The van der Waals surface area contributed by atoms with Gasteiger partial charge in [0, 0.05) is 36.8 Å². The first-order chi connectivity index (χ1) is 22.4. The lowest BCUT2D eigenvalue weighted by Gasteiger charge is -2.45. The highest BCUT2D eigenvalue weighted by Gasteiger charge is 2.45. The monoisotopic (exact) mass is 634 g/mol. The first kappa shape index (κ1) is 30.3. The first-order valence-electron chi connectivity index (χ1n) is 15.6. The van der Waals surface area contributed by atoms with Gasteiger partial charge in [-0.25, -0.2) is 9.18 Å². The summed E-state index contributed by atoms with van der Waals surface area (Å²) in [6.07, 6.45) is 4.57. The number of likely N-dealkylation sites (N-methyl/N-ethyl adjacent to an activating group) is 1. The summed E-state index contributed by atoms with van der Waals surface area (Å²) in [6, 6.07) is 5.93. The molecule has 0 bridgehead atoms. The van der Waals surface area contributed by atoms with E-state index in [2.05, 4.69) is 26.7 Å². The van der Waals surface area contributed by atoms with Gasteiger partial charge in [0.1, 0.15) is 11.9 Å². The Labute approximate surface area is 270 Å². The maximum atomic E-state index is 17.4. The SMILES string of the molecule is C=CC(=O)N1CC(C)N2c3nc(=O)n(-c4c(C)ccnc4C(C)C)c4cc(-c5c(C)ccc6[nH]ncc56)c(F)c(c34)N(C)C(=O)C2C1. The number of rotatable bonds is 4. The summed E-state index contributed by atoms with van der Waals surface area (Å²) in [5.41, 5.74) is 4.18. The fourth-order valence-corrected chi connectivity index (χ4v) is 7.28. The topological polar surface area (TPSA) is 120 Å². The molecule has 2 aliphatic rings. The van der Waals surface area contributed by atoms with Crippen LogP contribution in [0.25, 0.3) is 38.6 Å². The van der Waals surface area contributed by atoms with Crippen molar-refractivity contribution in [3.8, 4) is 16.8 Å². The minimum Gasteiger partial charge on any atom is -0.337 e. The molecule has 1 fully saturated rings. The second-order valence-electron chi connectivity index (χ2n) is 12.8. The van der Waals surface area contributed by atoms with Crippen LogP contribution in [0, 0.1) is 19.7 Å². The minimum absolute atomic E-state index is 0.00878. The van der Waals surface area contributed by atoms with Crippen molar-refractivity contribution in [3.05, 3.63) is 82.4 Å². The Kier molecular flexibility index (Phi) is 6.99. The Balaban J connectivity index is 1.66. The summed E-state index contributed by atoms with van der Waals surface area (Å²) in [4.78, 5) is 55.5. The van der Waals surface area contributed by atoms with Gasteiger partial charge in [-0.3, -0.25) is 24.2 Å². The molecule has 2 aromatic carbocycles. The molecule has 3 aromatic heterocycles. The van der Waals surface area contributed by atoms with Gasteiger partial charge >= 0.3 is 5.69 Å². The van der Waals surface area contributed by atoms with E-state index in [4.69, 9.17) is 0 Å². The van der Waals surface area contributed by atoms with E-state index >= 15 is 4.39 Å². The number of nitrogens with zero attached hydrogens (tertiary/aromatic N) is 7. The Bertz CT molecular complexity index is 2220. The largest absolute Gasteiger partial charge is 0.354 e. The van der Waals surface area contributed by atoms with Crippen LogP contribution >= 0.6 is 0 Å². The van der Waals surface area contributed by atoms with Crippen molar-refractivity contribution in [1.29, 1.82) is 0 Å². The number of aromatic amines is 1. The normalized spacial score (nSPS) is 17.9. The van der Waals surface area contributed by atoms with E-state index in [1.807, 2.05) is 52.8 Å². The summed E-state index contributed by atoms with van der Waals surface area (Å²) >= 11 is 0. The number of benzene rings is 2. The Morgan fingerprint density at radius 3 is 2.62 bits per heavy atom. The third-order valence-corrected chi connectivity index (χ3v) is 9.47. The van der Waals surface area contributed by atoms with Gasteiger partial charge in [0.05, 0.1) is 46.2 Å². The van der Waals surface area contributed by atoms with E-state index in [-0.39, 0.29) is 42.0 Å². The zero-order chi connectivity index (χ0) is 33.5. The molecule has 11 nitrogen and oxygen atoms in total. The number of halogens is 1. The summed E-state index contributed by atoms with van der Waals surface area (Å²) in [6.45, 7) is 13.6. The lowest BCUT2D eigenvalue weighted by Crippen LogP contribution is -2.63. The predicted octanol–water partition coefficient (Wildman–Crippen LogP) is 4.77. The number of hydrogen-bond donors (Lipinski definition) is 1. The molecule has 5 heterocycles. The Hall–Kier alpha value is -5.39. The van der Waals surface area contributed by atoms with E-state index in [0.717, 1.165) is 16.6 Å². The van der Waals surface area contributed by atoms with Crippen molar-refractivity contribution >= 4 is 45.1 Å². The molecule has 2 aliphatic heterocycles. The molecule has 2 atom stereocenters. The molecule has 47 heavy (non-hydrogen) atoms. The molecule has 12 heteroatoms. The van der Waals surface area contributed by atoms with E-state index in [0.29, 0.717) is 33.2 Å². The molecule has 0 spiro atoms. The van der Waals surface area contributed by atoms with Crippen molar-refractivity contribution in [1.82, 2.24) is 29.6 Å². The second kappa shape index (κ2) is 10.9. The number of carbonyl (C=O) groups is 2. The van der Waals surface area contributed by atoms with Gasteiger partial charge in [0.2, 0.25) is 5.91 Å². The molecular formula is C35H35FN8O3. The van der Waals surface area contributed by atoms with Crippen molar-refractivity contribution < 1.29 is 14.0 Å². The quantitative estimate of drug-likeness (QED) is 0.283. The van der Waals surface area contributed by atoms with Crippen molar-refractivity contribution in [2.75, 3.05) is 29.9 Å². The summed E-state index contributed by atoms with van der Waals surface area (Å²) in [5, 5.41) is 8.20. The third-order valence-electron chi connectivity index (χ3n) is 9.47. The van der Waals surface area contributed by atoms with Crippen LogP contribution in [-0.4, -0.2) is 73.7 Å². The van der Waals surface area contributed by atoms with Crippen LogP contribution in [0.2, 0.25) is 0 Å². The van der Waals surface area contributed by atoms with Crippen molar-refractivity contribution in [2.24, 2.45) is 0 Å². The molecule has 0 saturated carbocycles. The van der Waals surface area contributed by atoms with Crippen molar-refractivity contribution in [2.45, 2.75) is 52.6 Å². The van der Waals surface area contributed by atoms with Gasteiger partial charge in [0.15, 0.2) is 5.82 Å². The number of nitrogens with one attached hydrogen (secondary N) is 1. The van der Waals surface area contributed by atoms with Gasteiger partial charge in [-0.05, 0) is 67.7 Å². The van der Waals surface area contributed by atoms with Crippen LogP contribution in [0.3, 0.4) is 0 Å². The third kappa shape index (κ3) is 4.38. The lowest BCUT2D eigenvalue weighted by atomic mass is 9.94. The number of amides is 2. The van der Waals surface area contributed by atoms with E-state index < -0.39 is 29.5 Å². The highest BCUT2D eigenvalue weighted by atomic mass is 19.1. The van der Waals surface area contributed by atoms with Crippen LogP contribution in [0.1, 0.15) is 43.5 Å². The van der Waals surface area contributed by atoms with Crippen LogP contribution in [0.15, 0.2) is 54.1 Å². The van der Waals surface area contributed by atoms with Gasteiger partial charge in [-0.15, -0.1) is 0 Å². The molecule has 240 valence electrons. The van der Waals surface area contributed by atoms with Crippen LogP contribution in [0.5, 0.6) is 0 Å². The van der Waals surface area contributed by atoms with E-state index in [1.54, 1.807) is 28.3 Å². The number of hydrogen-bond acceptors (Lipinski definition) is 7. The number of piperazine rings is 1. The smallest absolute Gasteiger partial charge is 0.337 e. The van der Waals surface area contributed by atoms with E-state index in [1.165, 1.54) is 22.6 Å². The average Bonchev–Trinajstić information content (AvgIpc) is 3.49. The summed E-state index contributed by atoms with van der Waals surface area (Å²) in [5.74, 6) is -1.21. The zero-order valence-electron chi connectivity index (χ0n) is 27.1. The number of carbonyl (C=O) groups excluding carboxylic acids is 2. The van der Waals surface area contributed by atoms with Gasteiger partial charge in [0.25, 0.3) is 5.91 Å². The molecule has 0 radical (unpaired) electrons. The maximum absolute atomic E-state index is 17.4. The molecule has 2 unspecified atom stereocenters. The predicted molar refractivity (Wildman–Crippen MR) is 180 cm³/mol. The fraction of sp³-hybridized carbons (Fsp3) is 0.314. The first-order valence-corrected chi connectivity index (χ1v) is 15.6. The minimum atomic E-state index is -0.917. The van der Waals surface area contributed by atoms with Crippen LogP contribution in [0.4, 0.5) is 15.9 Å². The van der Waals surface area contributed by atoms with Gasteiger partial charge in [-0.2, -0.15) is 10.1 Å². The lowest BCUT2D eigenvalue weighted by molar-refractivity contribution is -0.129. The number of fused-ring (bicyclic) bond motifs is 3. The van der Waals surface area contributed by atoms with Crippen LogP contribution in [-0.2, 0) is 9.59 Å². The fourth-order valence-electron chi connectivity index (χ4n) is 7.28. The molecule has 0 aliphatic carbocycles. The number of aryl methyl sites for hydroxylation is 2. The Morgan fingerprint density at radius 1 is 1.13 bits per heavy atom. The van der Waals surface area contributed by atoms with E-state index in [9.17, 15) is 14.4 Å².